The molecule has 0 spiro atoms. The Kier molecular flexibility index (Phi) is 6.52. The summed E-state index contributed by atoms with van der Waals surface area (Å²) in [5.41, 5.74) is 1.08. The van der Waals surface area contributed by atoms with E-state index in [4.69, 9.17) is 16.3 Å². The molecule has 1 aromatic heterocycles. The number of esters is 1. The van der Waals surface area contributed by atoms with Crippen LogP contribution in [0.5, 0.6) is 0 Å². The highest BCUT2D eigenvalue weighted by Gasteiger charge is 2.39. The quantitative estimate of drug-likeness (QED) is 0.464. The fourth-order valence-corrected chi connectivity index (χ4v) is 4.06. The number of ether oxygens (including phenoxy) is 1. The summed E-state index contributed by atoms with van der Waals surface area (Å²) in [4.78, 5) is 42.1. The number of aromatic nitrogens is 1. The SMILES string of the molecule is CC(=O)OC1=C([C@@H](CC(=O)c2ccccn2)c2cccc(Cl)c2)C(=O)CC(C)(C)C1. The van der Waals surface area contributed by atoms with E-state index in [-0.39, 0.29) is 23.4 Å². The van der Waals surface area contributed by atoms with E-state index in [2.05, 4.69) is 4.98 Å². The minimum absolute atomic E-state index is 0.0175. The van der Waals surface area contributed by atoms with Crippen molar-refractivity contribution in [3.63, 3.8) is 0 Å². The molecule has 2 aromatic rings. The second-order valence-electron chi connectivity index (χ2n) is 8.32. The molecule has 0 amide bonds. The first-order valence-electron chi connectivity index (χ1n) is 9.80. The van der Waals surface area contributed by atoms with Crippen molar-refractivity contribution in [3.8, 4) is 0 Å². The molecule has 0 fully saturated rings. The van der Waals surface area contributed by atoms with Gasteiger partial charge in [0.15, 0.2) is 11.6 Å². The average molecular weight is 426 g/mol. The number of hydrogen-bond acceptors (Lipinski definition) is 5. The van der Waals surface area contributed by atoms with Crippen LogP contribution in [0.15, 0.2) is 60.0 Å². The van der Waals surface area contributed by atoms with Crippen LogP contribution in [-0.4, -0.2) is 22.5 Å². The molecule has 0 aliphatic heterocycles. The molecule has 30 heavy (non-hydrogen) atoms. The standard InChI is InChI=1S/C24H24ClNO4/c1-15(27)30-22-14-24(2,3)13-21(29)23(22)18(16-7-6-8-17(25)11-16)12-20(28)19-9-4-5-10-26-19/h4-11,18H,12-14H2,1-3H3/t18-/m0/s1. The fourth-order valence-electron chi connectivity index (χ4n) is 3.86. The Morgan fingerprint density at radius 2 is 1.93 bits per heavy atom. The van der Waals surface area contributed by atoms with Crippen molar-refractivity contribution in [2.24, 2.45) is 5.41 Å². The van der Waals surface area contributed by atoms with Crippen LogP contribution in [-0.2, 0) is 14.3 Å². The van der Waals surface area contributed by atoms with Crippen LogP contribution < -0.4 is 0 Å². The van der Waals surface area contributed by atoms with E-state index in [1.807, 2.05) is 19.9 Å². The minimum Gasteiger partial charge on any atom is -0.431 e. The van der Waals surface area contributed by atoms with E-state index in [0.29, 0.717) is 34.9 Å². The predicted octanol–water partition coefficient (Wildman–Crippen LogP) is 5.30. The van der Waals surface area contributed by atoms with E-state index in [0.717, 1.165) is 5.56 Å². The fraction of sp³-hybridized carbons (Fsp3) is 0.333. The minimum atomic E-state index is -0.587. The Morgan fingerprint density at radius 3 is 2.57 bits per heavy atom. The van der Waals surface area contributed by atoms with E-state index in [1.165, 1.54) is 6.92 Å². The molecule has 6 heteroatoms. The molecule has 1 aliphatic rings. The summed E-state index contributed by atoms with van der Waals surface area (Å²) in [6, 6.07) is 12.2. The van der Waals surface area contributed by atoms with Gasteiger partial charge in [0.1, 0.15) is 11.5 Å². The summed E-state index contributed by atoms with van der Waals surface area (Å²) >= 11 is 6.20. The summed E-state index contributed by atoms with van der Waals surface area (Å²) < 4.78 is 5.49. The Bertz CT molecular complexity index is 1010. The molecule has 0 unspecified atom stereocenters. The highest BCUT2D eigenvalue weighted by molar-refractivity contribution is 6.30. The van der Waals surface area contributed by atoms with Gasteiger partial charge in [-0.25, -0.2) is 0 Å². The summed E-state index contributed by atoms with van der Waals surface area (Å²) in [6.07, 6.45) is 2.31. The van der Waals surface area contributed by atoms with Crippen LogP contribution in [0, 0.1) is 5.41 Å². The van der Waals surface area contributed by atoms with Gasteiger partial charge in [-0.2, -0.15) is 0 Å². The Morgan fingerprint density at radius 1 is 1.17 bits per heavy atom. The maximum absolute atomic E-state index is 13.2. The zero-order valence-electron chi connectivity index (χ0n) is 17.3. The van der Waals surface area contributed by atoms with Gasteiger partial charge in [0.2, 0.25) is 0 Å². The van der Waals surface area contributed by atoms with E-state index in [1.54, 1.807) is 42.6 Å². The normalized spacial score (nSPS) is 16.9. The van der Waals surface area contributed by atoms with Crippen LogP contribution in [0.3, 0.4) is 0 Å². The molecule has 0 saturated heterocycles. The zero-order valence-corrected chi connectivity index (χ0v) is 18.0. The van der Waals surface area contributed by atoms with Crippen molar-refractivity contribution in [3.05, 3.63) is 76.3 Å². The van der Waals surface area contributed by atoms with Gasteiger partial charge in [-0.15, -0.1) is 0 Å². The van der Waals surface area contributed by atoms with Crippen molar-refractivity contribution >= 4 is 29.1 Å². The molecule has 1 atom stereocenters. The monoisotopic (exact) mass is 425 g/mol. The summed E-state index contributed by atoms with van der Waals surface area (Å²) in [5, 5.41) is 0.501. The number of rotatable bonds is 6. The second kappa shape index (κ2) is 8.92. The smallest absolute Gasteiger partial charge is 0.307 e. The molecule has 156 valence electrons. The molecular formula is C24H24ClNO4. The van der Waals surface area contributed by atoms with Gasteiger partial charge in [-0.05, 0) is 35.2 Å². The number of carbonyl (C=O) groups excluding carboxylic acids is 3. The van der Waals surface area contributed by atoms with Gasteiger partial charge in [-0.1, -0.05) is 43.6 Å². The van der Waals surface area contributed by atoms with E-state index < -0.39 is 11.9 Å². The molecule has 1 aromatic carbocycles. The summed E-state index contributed by atoms with van der Waals surface area (Å²) in [5.74, 6) is -1.07. The van der Waals surface area contributed by atoms with Crippen molar-refractivity contribution < 1.29 is 19.1 Å². The number of ketones is 2. The Hall–Kier alpha value is -2.79. The van der Waals surface area contributed by atoms with Gasteiger partial charge >= 0.3 is 5.97 Å². The van der Waals surface area contributed by atoms with Gasteiger partial charge in [-0.3, -0.25) is 19.4 Å². The van der Waals surface area contributed by atoms with Gasteiger partial charge in [0.05, 0.1) is 0 Å². The lowest BCUT2D eigenvalue weighted by molar-refractivity contribution is -0.138. The van der Waals surface area contributed by atoms with Crippen LogP contribution in [0.25, 0.3) is 0 Å². The molecule has 0 bridgehead atoms. The van der Waals surface area contributed by atoms with Gasteiger partial charge < -0.3 is 4.74 Å². The first kappa shape index (κ1) is 21.9. The number of carbonyl (C=O) groups is 3. The maximum atomic E-state index is 13.2. The van der Waals surface area contributed by atoms with Crippen molar-refractivity contribution in [2.45, 2.75) is 46.0 Å². The van der Waals surface area contributed by atoms with Crippen LogP contribution in [0.1, 0.15) is 62.0 Å². The zero-order chi connectivity index (χ0) is 21.9. The van der Waals surface area contributed by atoms with Gasteiger partial charge in [0.25, 0.3) is 0 Å². The highest BCUT2D eigenvalue weighted by atomic mass is 35.5. The number of hydrogen-bond donors (Lipinski definition) is 0. The van der Waals surface area contributed by atoms with Crippen LogP contribution in [0.4, 0.5) is 0 Å². The van der Waals surface area contributed by atoms with E-state index >= 15 is 0 Å². The Labute approximate surface area is 181 Å². The predicted molar refractivity (Wildman–Crippen MR) is 114 cm³/mol. The average Bonchev–Trinajstić information content (AvgIpc) is 2.66. The maximum Gasteiger partial charge on any atom is 0.307 e. The highest BCUT2D eigenvalue weighted by Crippen LogP contribution is 2.43. The summed E-state index contributed by atoms with van der Waals surface area (Å²) in [7, 11) is 0. The van der Waals surface area contributed by atoms with Crippen LogP contribution in [0.2, 0.25) is 5.02 Å². The van der Waals surface area contributed by atoms with E-state index in [9.17, 15) is 14.4 Å². The number of pyridine rings is 1. The molecular weight excluding hydrogens is 402 g/mol. The number of allylic oxidation sites excluding steroid dienone is 2. The summed E-state index contributed by atoms with van der Waals surface area (Å²) in [6.45, 7) is 5.22. The number of benzene rings is 1. The molecule has 0 N–H and O–H groups in total. The largest absolute Gasteiger partial charge is 0.431 e. The topological polar surface area (TPSA) is 73.3 Å². The van der Waals surface area contributed by atoms with Crippen LogP contribution >= 0.6 is 11.6 Å². The number of halogens is 1. The Balaban J connectivity index is 2.11. The first-order valence-corrected chi connectivity index (χ1v) is 10.2. The lowest BCUT2D eigenvalue weighted by Crippen LogP contribution is -2.30. The van der Waals surface area contributed by atoms with Crippen molar-refractivity contribution in [1.29, 1.82) is 0 Å². The number of Topliss-reactive ketones (excluding diaryl/α,β-unsaturated/α-hetero) is 2. The third-order valence-electron chi connectivity index (χ3n) is 5.09. The molecule has 5 nitrogen and oxygen atoms in total. The molecule has 1 aliphatic carbocycles. The van der Waals surface area contributed by atoms with Crippen molar-refractivity contribution in [1.82, 2.24) is 4.98 Å². The first-order chi connectivity index (χ1) is 14.2. The third-order valence-corrected chi connectivity index (χ3v) is 5.32. The number of nitrogens with zero attached hydrogens (tertiary/aromatic N) is 1. The molecule has 0 radical (unpaired) electrons. The second-order valence-corrected chi connectivity index (χ2v) is 8.76. The molecule has 0 saturated carbocycles. The van der Waals surface area contributed by atoms with Crippen molar-refractivity contribution in [2.75, 3.05) is 0 Å². The molecule has 3 rings (SSSR count). The third kappa shape index (κ3) is 5.22. The lowest BCUT2D eigenvalue weighted by Gasteiger charge is -2.34. The molecule has 1 heterocycles. The van der Waals surface area contributed by atoms with Gasteiger partial charge in [0, 0.05) is 48.9 Å². The lowest BCUT2D eigenvalue weighted by atomic mass is 9.71.